The van der Waals surface area contributed by atoms with Crippen molar-refractivity contribution in [2.75, 3.05) is 13.7 Å². The number of nitrogens with zero attached hydrogens (tertiary/aromatic N) is 2. The molecule has 0 radical (unpaired) electrons. The molecule has 6 heteroatoms. The molecule has 23 heavy (non-hydrogen) atoms. The molecule has 2 heterocycles. The molecule has 0 N–H and O–H groups in total. The third kappa shape index (κ3) is 3.17. The van der Waals surface area contributed by atoms with E-state index in [0.717, 1.165) is 23.4 Å². The van der Waals surface area contributed by atoms with E-state index in [1.54, 1.807) is 16.2 Å². The number of fused-ring (bicyclic) bond motifs is 1. The maximum Gasteiger partial charge on any atom is 0.410 e. The lowest BCUT2D eigenvalue weighted by atomic mass is 9.97. The Balaban J connectivity index is 2.02. The Hall–Kier alpha value is -2.08. The van der Waals surface area contributed by atoms with Crippen molar-refractivity contribution in [1.82, 2.24) is 9.88 Å². The summed E-state index contributed by atoms with van der Waals surface area (Å²) in [6.07, 6.45) is 0.584. The van der Waals surface area contributed by atoms with Crippen molar-refractivity contribution < 1.29 is 14.3 Å². The summed E-state index contributed by atoms with van der Waals surface area (Å²) >= 11 is 1.64. The number of carbonyl (C=O) groups is 1. The molecule has 1 unspecified atom stereocenters. The maximum absolute atomic E-state index is 12.2. The molecule has 0 spiro atoms. The van der Waals surface area contributed by atoms with Crippen molar-refractivity contribution >= 4 is 17.4 Å². The largest absolute Gasteiger partial charge is 0.491 e. The summed E-state index contributed by atoms with van der Waals surface area (Å²) in [6.45, 7) is 4.61. The van der Waals surface area contributed by atoms with Gasteiger partial charge in [-0.3, -0.25) is 4.90 Å². The smallest absolute Gasteiger partial charge is 0.410 e. The van der Waals surface area contributed by atoms with Gasteiger partial charge in [-0.1, -0.05) is 12.1 Å². The molecular formula is C17H20N2O3S. The van der Waals surface area contributed by atoms with Crippen molar-refractivity contribution in [3.63, 3.8) is 0 Å². The van der Waals surface area contributed by atoms with Gasteiger partial charge in [0.2, 0.25) is 0 Å². The molecule has 1 amide bonds. The first-order chi connectivity index (χ1) is 11.1. The highest BCUT2D eigenvalue weighted by molar-refractivity contribution is 7.09. The van der Waals surface area contributed by atoms with Gasteiger partial charge in [-0.05, 0) is 31.5 Å². The van der Waals surface area contributed by atoms with Crippen LogP contribution in [0.1, 0.15) is 36.0 Å². The molecule has 0 saturated heterocycles. The monoisotopic (exact) mass is 332 g/mol. The first kappa shape index (κ1) is 15.8. The fourth-order valence-electron chi connectivity index (χ4n) is 2.87. The zero-order chi connectivity index (χ0) is 16.4. The molecule has 122 valence electrons. The van der Waals surface area contributed by atoms with Crippen LogP contribution in [-0.4, -0.2) is 35.7 Å². The number of carbonyl (C=O) groups excluding carboxylic acids is 1. The Kier molecular flexibility index (Phi) is 4.52. The molecule has 1 atom stereocenters. The van der Waals surface area contributed by atoms with Gasteiger partial charge in [-0.2, -0.15) is 0 Å². The molecule has 1 aliphatic heterocycles. The van der Waals surface area contributed by atoms with Crippen LogP contribution in [0.4, 0.5) is 4.79 Å². The number of hydrogen-bond acceptors (Lipinski definition) is 5. The topological polar surface area (TPSA) is 51.7 Å². The number of rotatable bonds is 3. The number of thiazole rings is 1. The summed E-state index contributed by atoms with van der Waals surface area (Å²) in [5.74, 6) is 0.796. The van der Waals surface area contributed by atoms with Gasteiger partial charge in [0.15, 0.2) is 0 Å². The van der Waals surface area contributed by atoms with Crippen molar-refractivity contribution in [3.8, 4) is 5.75 Å². The van der Waals surface area contributed by atoms with Crippen LogP contribution in [0.5, 0.6) is 5.75 Å². The summed E-state index contributed by atoms with van der Waals surface area (Å²) in [7, 11) is 1.41. The highest BCUT2D eigenvalue weighted by Gasteiger charge is 2.34. The Labute approximate surface area is 139 Å². The first-order valence-corrected chi connectivity index (χ1v) is 8.51. The van der Waals surface area contributed by atoms with Crippen molar-refractivity contribution in [1.29, 1.82) is 0 Å². The number of ether oxygens (including phenoxy) is 2. The van der Waals surface area contributed by atoms with Crippen molar-refractivity contribution in [2.45, 2.75) is 32.4 Å². The summed E-state index contributed by atoms with van der Waals surface area (Å²) < 4.78 is 10.7. The summed E-state index contributed by atoms with van der Waals surface area (Å²) in [4.78, 5) is 19.7. The van der Waals surface area contributed by atoms with Crippen molar-refractivity contribution in [3.05, 3.63) is 45.9 Å². The average molecular weight is 332 g/mol. The number of benzene rings is 1. The minimum Gasteiger partial charge on any atom is -0.491 e. The van der Waals surface area contributed by atoms with E-state index in [2.05, 4.69) is 4.98 Å². The Bertz CT molecular complexity index is 699. The van der Waals surface area contributed by atoms with Crippen molar-refractivity contribution in [2.24, 2.45) is 0 Å². The van der Waals surface area contributed by atoms with E-state index in [-0.39, 0.29) is 18.2 Å². The summed E-state index contributed by atoms with van der Waals surface area (Å²) in [5.41, 5.74) is 3.76. The second kappa shape index (κ2) is 6.58. The van der Waals surface area contributed by atoms with Gasteiger partial charge in [-0.15, -0.1) is 11.3 Å². The molecule has 1 aromatic carbocycles. The van der Waals surface area contributed by atoms with Crippen LogP contribution in [0.2, 0.25) is 0 Å². The zero-order valence-corrected chi connectivity index (χ0v) is 14.3. The molecule has 0 saturated carbocycles. The van der Waals surface area contributed by atoms with Gasteiger partial charge in [-0.25, -0.2) is 9.78 Å². The van der Waals surface area contributed by atoms with E-state index in [1.807, 2.05) is 43.6 Å². The van der Waals surface area contributed by atoms with Gasteiger partial charge >= 0.3 is 6.09 Å². The first-order valence-electron chi connectivity index (χ1n) is 7.63. The molecule has 0 bridgehead atoms. The Morgan fingerprint density at radius 2 is 2.26 bits per heavy atom. The highest BCUT2D eigenvalue weighted by Crippen LogP contribution is 2.37. The molecular weight excluding hydrogens is 312 g/mol. The van der Waals surface area contributed by atoms with Crippen LogP contribution in [0, 0.1) is 0 Å². The average Bonchev–Trinajstić information content (AvgIpc) is 3.01. The molecule has 1 aromatic heterocycles. The van der Waals surface area contributed by atoms with E-state index in [1.165, 1.54) is 12.0 Å². The molecule has 0 aliphatic carbocycles. The second-order valence-electron chi connectivity index (χ2n) is 5.72. The fraction of sp³-hybridized carbons (Fsp3) is 0.412. The maximum atomic E-state index is 12.2. The molecule has 5 nitrogen and oxygen atoms in total. The molecule has 3 rings (SSSR count). The summed E-state index contributed by atoms with van der Waals surface area (Å²) in [5, 5.41) is 0. The quantitative estimate of drug-likeness (QED) is 0.861. The lowest BCUT2D eigenvalue weighted by Gasteiger charge is -2.34. The Morgan fingerprint density at radius 3 is 3.00 bits per heavy atom. The Morgan fingerprint density at radius 1 is 1.43 bits per heavy atom. The number of methoxy groups -OCH3 is 1. The predicted molar refractivity (Wildman–Crippen MR) is 89.0 cm³/mol. The summed E-state index contributed by atoms with van der Waals surface area (Å²) in [6, 6.07) is 7.63. The van der Waals surface area contributed by atoms with Crippen LogP contribution in [-0.2, 0) is 11.2 Å². The van der Waals surface area contributed by atoms with Crippen LogP contribution in [0.3, 0.4) is 0 Å². The molecule has 2 aromatic rings. The van der Waals surface area contributed by atoms with Gasteiger partial charge in [0.1, 0.15) is 11.8 Å². The van der Waals surface area contributed by atoms with Crippen LogP contribution in [0.15, 0.2) is 29.8 Å². The van der Waals surface area contributed by atoms with Gasteiger partial charge in [0, 0.05) is 17.8 Å². The minimum absolute atomic E-state index is 0.100. The number of aromatic nitrogens is 1. The number of hydrogen-bond donors (Lipinski definition) is 0. The second-order valence-corrected chi connectivity index (χ2v) is 6.66. The fourth-order valence-corrected chi connectivity index (χ4v) is 3.66. The zero-order valence-electron chi connectivity index (χ0n) is 13.5. The number of amides is 1. The normalized spacial score (nSPS) is 17.0. The predicted octanol–water partition coefficient (Wildman–Crippen LogP) is 3.64. The third-order valence-corrected chi connectivity index (χ3v) is 4.69. The SMILES string of the molecule is COC(=O)N1CCc2scnc2C1c1cccc(OC(C)C)c1. The molecule has 0 fully saturated rings. The van der Waals surface area contributed by atoms with Gasteiger partial charge in [0.05, 0.1) is 24.4 Å². The van der Waals surface area contributed by atoms with E-state index in [0.29, 0.717) is 6.54 Å². The molecule has 1 aliphatic rings. The van der Waals surface area contributed by atoms with E-state index in [4.69, 9.17) is 9.47 Å². The van der Waals surface area contributed by atoms with Crippen LogP contribution < -0.4 is 4.74 Å². The highest BCUT2D eigenvalue weighted by atomic mass is 32.1. The standard InChI is InChI=1S/C17H20N2O3S/c1-11(2)22-13-6-4-5-12(9-13)16-15-14(23-10-18-15)7-8-19(16)17(20)21-3/h4-6,9-11,16H,7-8H2,1-3H3. The van der Waals surface area contributed by atoms with Crippen LogP contribution in [0.25, 0.3) is 0 Å². The van der Waals surface area contributed by atoms with E-state index in [9.17, 15) is 4.79 Å². The van der Waals surface area contributed by atoms with Gasteiger partial charge in [0.25, 0.3) is 0 Å². The van der Waals surface area contributed by atoms with Crippen LogP contribution >= 0.6 is 11.3 Å². The van der Waals surface area contributed by atoms with Gasteiger partial charge < -0.3 is 9.47 Å². The van der Waals surface area contributed by atoms with E-state index < -0.39 is 0 Å². The lowest BCUT2D eigenvalue weighted by molar-refractivity contribution is 0.108. The third-order valence-electron chi connectivity index (χ3n) is 3.78. The lowest BCUT2D eigenvalue weighted by Crippen LogP contribution is -2.40. The van der Waals surface area contributed by atoms with E-state index >= 15 is 0 Å². The minimum atomic E-state index is -0.330.